The Labute approximate surface area is 216 Å². The lowest BCUT2D eigenvalue weighted by Gasteiger charge is -2.11. The van der Waals surface area contributed by atoms with Crippen LogP contribution in [0.2, 0.25) is 0 Å². The molecule has 192 valence electrons. The maximum Gasteiger partial charge on any atom is 0.332 e. The van der Waals surface area contributed by atoms with Crippen molar-refractivity contribution in [2.75, 3.05) is 5.32 Å². The summed E-state index contributed by atoms with van der Waals surface area (Å²) in [4.78, 5) is 52.4. The van der Waals surface area contributed by atoms with Gasteiger partial charge in [-0.1, -0.05) is 24.3 Å². The molecule has 11 heteroatoms. The number of benzene rings is 1. The third-order valence-electron chi connectivity index (χ3n) is 6.26. The van der Waals surface area contributed by atoms with Gasteiger partial charge in [0.25, 0.3) is 5.56 Å². The van der Waals surface area contributed by atoms with Gasteiger partial charge in [-0.15, -0.1) is 0 Å². The third kappa shape index (κ3) is 4.61. The minimum Gasteiger partial charge on any atom is -0.313 e. The number of fused-ring (bicyclic) bond motifs is 1. The van der Waals surface area contributed by atoms with Crippen molar-refractivity contribution in [3.05, 3.63) is 105 Å². The zero-order chi connectivity index (χ0) is 27.0. The molecule has 0 aliphatic carbocycles. The summed E-state index contributed by atoms with van der Waals surface area (Å²) in [6.45, 7) is 3.08. The molecule has 0 saturated carbocycles. The van der Waals surface area contributed by atoms with Gasteiger partial charge in [0.05, 0.1) is 17.9 Å². The quantitative estimate of drug-likeness (QED) is 0.373. The average Bonchev–Trinajstić information content (AvgIpc) is 3.23. The molecule has 5 aromatic rings. The second-order valence-corrected chi connectivity index (χ2v) is 8.89. The van der Waals surface area contributed by atoms with Crippen molar-refractivity contribution in [1.82, 2.24) is 28.7 Å². The molecule has 4 heterocycles. The maximum absolute atomic E-state index is 14.0. The summed E-state index contributed by atoms with van der Waals surface area (Å²) in [6, 6.07) is 15.1. The number of anilines is 1. The van der Waals surface area contributed by atoms with Crippen molar-refractivity contribution in [2.45, 2.75) is 26.9 Å². The Morgan fingerprint density at radius 3 is 2.55 bits per heavy atom. The lowest BCUT2D eigenvalue weighted by atomic mass is 10.1. The number of halogens is 1. The van der Waals surface area contributed by atoms with Crippen LogP contribution >= 0.6 is 0 Å². The van der Waals surface area contributed by atoms with Gasteiger partial charge in [0, 0.05) is 18.8 Å². The predicted molar refractivity (Wildman–Crippen MR) is 140 cm³/mol. The van der Waals surface area contributed by atoms with E-state index in [1.165, 1.54) is 22.2 Å². The van der Waals surface area contributed by atoms with Crippen LogP contribution in [0.4, 0.5) is 10.2 Å². The number of nitrogens with zero attached hydrogens (tertiary/aromatic N) is 6. The smallest absolute Gasteiger partial charge is 0.313 e. The fourth-order valence-corrected chi connectivity index (χ4v) is 4.21. The molecule has 1 amide bonds. The number of aromatic nitrogens is 6. The normalized spacial score (nSPS) is 11.2. The number of pyridine rings is 2. The van der Waals surface area contributed by atoms with Crippen LogP contribution in [-0.4, -0.2) is 34.6 Å². The first-order valence-corrected chi connectivity index (χ1v) is 11.8. The Morgan fingerprint density at radius 2 is 1.82 bits per heavy atom. The molecule has 10 nitrogen and oxygen atoms in total. The number of carbonyl (C=O) groups excluding carboxylic acids is 1. The van der Waals surface area contributed by atoms with Gasteiger partial charge in [-0.3, -0.25) is 23.7 Å². The Bertz CT molecular complexity index is 1810. The molecule has 0 spiro atoms. The highest BCUT2D eigenvalue weighted by molar-refractivity contribution is 5.91. The number of nitrogens with one attached hydrogen (secondary N) is 1. The fraction of sp³-hybridized carbons (Fsp3) is 0.185. The Morgan fingerprint density at radius 1 is 1.00 bits per heavy atom. The van der Waals surface area contributed by atoms with E-state index >= 15 is 0 Å². The number of carbonyl (C=O) groups is 1. The van der Waals surface area contributed by atoms with Crippen LogP contribution in [0.3, 0.4) is 0 Å². The largest absolute Gasteiger partial charge is 0.332 e. The monoisotopic (exact) mass is 513 g/mol. The van der Waals surface area contributed by atoms with Crippen LogP contribution in [0, 0.1) is 19.7 Å². The van der Waals surface area contributed by atoms with Gasteiger partial charge in [-0.2, -0.15) is 0 Å². The van der Waals surface area contributed by atoms with E-state index in [0.717, 1.165) is 4.57 Å². The topological polar surface area (TPSA) is 117 Å². The van der Waals surface area contributed by atoms with Crippen LogP contribution in [0.15, 0.2) is 70.4 Å². The summed E-state index contributed by atoms with van der Waals surface area (Å²) < 4.78 is 17.9. The van der Waals surface area contributed by atoms with Gasteiger partial charge in [-0.05, 0) is 49.7 Å². The number of aryl methyl sites for hydroxylation is 3. The van der Waals surface area contributed by atoms with E-state index in [9.17, 15) is 18.8 Å². The number of hydrogen-bond donors (Lipinski definition) is 1. The minimum absolute atomic E-state index is 0.0188. The van der Waals surface area contributed by atoms with Gasteiger partial charge in [0.1, 0.15) is 24.0 Å². The van der Waals surface area contributed by atoms with E-state index in [4.69, 9.17) is 0 Å². The highest BCUT2D eigenvalue weighted by Crippen LogP contribution is 2.21. The molecular formula is C27H24FN7O3. The maximum atomic E-state index is 14.0. The van der Waals surface area contributed by atoms with E-state index in [-0.39, 0.29) is 35.9 Å². The summed E-state index contributed by atoms with van der Waals surface area (Å²) >= 11 is 0. The fourth-order valence-electron chi connectivity index (χ4n) is 4.21. The number of hydrogen-bond acceptors (Lipinski definition) is 6. The molecule has 0 bridgehead atoms. The van der Waals surface area contributed by atoms with Crippen molar-refractivity contribution in [3.8, 4) is 11.3 Å². The summed E-state index contributed by atoms with van der Waals surface area (Å²) in [6.07, 6.45) is 1.58. The average molecular weight is 514 g/mol. The molecule has 0 fully saturated rings. The van der Waals surface area contributed by atoms with Crippen LogP contribution in [-0.2, 0) is 24.9 Å². The second kappa shape index (κ2) is 9.85. The Kier molecular flexibility index (Phi) is 6.41. The number of rotatable bonds is 6. The van der Waals surface area contributed by atoms with Gasteiger partial charge in [0.2, 0.25) is 5.91 Å². The first kappa shape index (κ1) is 24.8. The molecule has 0 atom stereocenters. The molecule has 0 unspecified atom stereocenters. The van der Waals surface area contributed by atoms with Crippen LogP contribution < -0.4 is 16.6 Å². The third-order valence-corrected chi connectivity index (χ3v) is 6.26. The summed E-state index contributed by atoms with van der Waals surface area (Å²) in [5, 5.41) is 2.73. The molecular weight excluding hydrogens is 489 g/mol. The van der Waals surface area contributed by atoms with Crippen molar-refractivity contribution >= 4 is 22.9 Å². The standard InChI is InChI=1S/C27H24FN7O3/c1-16-10-11-18(13-20(16)28)21-8-6-9-22(31-21)32-23(36)15-34-17(2)30-25-24(34)26(37)35(27(38)33(25)3)14-19-7-4-5-12-29-19/h4-13H,14-15H2,1-3H3,(H,31,32,36). The molecule has 5 rings (SSSR count). The van der Waals surface area contributed by atoms with Gasteiger partial charge < -0.3 is 9.88 Å². The molecule has 1 aromatic carbocycles. The van der Waals surface area contributed by atoms with Gasteiger partial charge in [-0.25, -0.2) is 19.2 Å². The van der Waals surface area contributed by atoms with Gasteiger partial charge >= 0.3 is 5.69 Å². The van der Waals surface area contributed by atoms with Crippen LogP contribution in [0.5, 0.6) is 0 Å². The molecule has 0 saturated heterocycles. The highest BCUT2D eigenvalue weighted by atomic mass is 19.1. The van der Waals surface area contributed by atoms with E-state index in [1.807, 2.05) is 0 Å². The van der Waals surface area contributed by atoms with Crippen molar-refractivity contribution in [1.29, 1.82) is 0 Å². The molecule has 0 aliphatic rings. The van der Waals surface area contributed by atoms with Crippen molar-refractivity contribution in [3.63, 3.8) is 0 Å². The molecule has 4 aromatic heterocycles. The van der Waals surface area contributed by atoms with E-state index in [2.05, 4.69) is 20.3 Å². The summed E-state index contributed by atoms with van der Waals surface area (Å²) in [7, 11) is 1.53. The summed E-state index contributed by atoms with van der Waals surface area (Å²) in [5.74, 6) is -0.119. The van der Waals surface area contributed by atoms with E-state index in [0.29, 0.717) is 28.3 Å². The molecule has 38 heavy (non-hydrogen) atoms. The molecule has 1 N–H and O–H groups in total. The Hall–Kier alpha value is -4.93. The van der Waals surface area contributed by atoms with E-state index < -0.39 is 17.2 Å². The van der Waals surface area contributed by atoms with E-state index in [1.54, 1.807) is 68.6 Å². The highest BCUT2D eigenvalue weighted by Gasteiger charge is 2.20. The zero-order valence-corrected chi connectivity index (χ0v) is 21.0. The zero-order valence-electron chi connectivity index (χ0n) is 21.0. The number of amides is 1. The lowest BCUT2D eigenvalue weighted by molar-refractivity contribution is -0.116. The molecule has 0 radical (unpaired) electrons. The van der Waals surface area contributed by atoms with Crippen molar-refractivity contribution < 1.29 is 9.18 Å². The first-order valence-electron chi connectivity index (χ1n) is 11.8. The second-order valence-electron chi connectivity index (χ2n) is 8.89. The lowest BCUT2D eigenvalue weighted by Crippen LogP contribution is -2.40. The van der Waals surface area contributed by atoms with Crippen molar-refractivity contribution in [2.24, 2.45) is 7.05 Å². The van der Waals surface area contributed by atoms with Gasteiger partial charge in [0.15, 0.2) is 11.2 Å². The first-order chi connectivity index (χ1) is 18.2. The minimum atomic E-state index is -0.566. The SMILES string of the molecule is Cc1ccc(-c2cccc(NC(=O)Cn3c(C)nc4c3c(=O)n(Cc3ccccn3)c(=O)n4C)n2)cc1F. The number of imidazole rings is 1. The predicted octanol–water partition coefficient (Wildman–Crippen LogP) is 2.80. The van der Waals surface area contributed by atoms with Crippen LogP contribution in [0.25, 0.3) is 22.4 Å². The molecule has 0 aliphatic heterocycles. The Balaban J connectivity index is 1.46. The summed E-state index contributed by atoms with van der Waals surface area (Å²) in [5.41, 5.74) is 1.37. The van der Waals surface area contributed by atoms with Crippen LogP contribution in [0.1, 0.15) is 17.1 Å².